The zero-order valence-electron chi connectivity index (χ0n) is 22.9. The Labute approximate surface area is 250 Å². The largest absolute Gasteiger partial charge is 0.380 e. The van der Waals surface area contributed by atoms with E-state index in [1.54, 1.807) is 23.1 Å². The summed E-state index contributed by atoms with van der Waals surface area (Å²) in [6, 6.07) is 11.0. The first-order valence-corrected chi connectivity index (χ1v) is 14.9. The van der Waals surface area contributed by atoms with E-state index < -0.39 is 5.60 Å². The van der Waals surface area contributed by atoms with Gasteiger partial charge in [0.05, 0.1) is 16.6 Å². The Morgan fingerprint density at radius 2 is 1.57 bits per heavy atom. The Hall–Kier alpha value is -2.07. The number of piperidine rings is 1. The van der Waals surface area contributed by atoms with E-state index in [0.29, 0.717) is 64.5 Å². The fourth-order valence-corrected chi connectivity index (χ4v) is 6.56. The van der Waals surface area contributed by atoms with Gasteiger partial charge in [-0.2, -0.15) is 0 Å². The molecule has 8 nitrogen and oxygen atoms in total. The van der Waals surface area contributed by atoms with Crippen molar-refractivity contribution in [1.29, 1.82) is 0 Å². The highest BCUT2D eigenvalue weighted by Gasteiger charge is 2.41. The van der Waals surface area contributed by atoms with Gasteiger partial charge in [0.25, 0.3) is 11.8 Å². The topological polar surface area (TPSA) is 79.4 Å². The quantitative estimate of drug-likeness (QED) is 0.516. The summed E-state index contributed by atoms with van der Waals surface area (Å²) in [4.78, 5) is 34.4. The number of nitrogens with one attached hydrogen (secondary N) is 1. The molecule has 216 valence electrons. The molecule has 3 heterocycles. The Balaban J connectivity index is 1.09. The minimum Gasteiger partial charge on any atom is -0.380 e. The summed E-state index contributed by atoms with van der Waals surface area (Å²) < 4.78 is 0. The maximum atomic E-state index is 13.2. The van der Waals surface area contributed by atoms with Crippen LogP contribution >= 0.6 is 34.8 Å². The van der Waals surface area contributed by atoms with E-state index in [0.717, 1.165) is 44.7 Å². The molecule has 2 amide bonds. The first kappa shape index (κ1) is 29.4. The lowest BCUT2D eigenvalue weighted by molar-refractivity contribution is -0.152. The number of carbonyl (C=O) groups excluding carboxylic acids is 2. The van der Waals surface area contributed by atoms with Gasteiger partial charge in [-0.3, -0.25) is 14.5 Å². The molecule has 3 aliphatic heterocycles. The molecule has 3 fully saturated rings. The number of halogens is 3. The summed E-state index contributed by atoms with van der Waals surface area (Å²) in [6.07, 6.45) is 1.68. The lowest BCUT2D eigenvalue weighted by atomic mass is 9.92. The van der Waals surface area contributed by atoms with Gasteiger partial charge in [0.2, 0.25) is 0 Å². The summed E-state index contributed by atoms with van der Waals surface area (Å²) >= 11 is 18.9. The molecule has 3 aliphatic rings. The number of benzene rings is 2. The number of anilines is 1. The highest BCUT2D eigenvalue weighted by molar-refractivity contribution is 6.34. The average molecular weight is 609 g/mol. The molecule has 11 heteroatoms. The van der Waals surface area contributed by atoms with Gasteiger partial charge >= 0.3 is 0 Å². The number of rotatable bonds is 6. The molecule has 0 radical (unpaired) electrons. The van der Waals surface area contributed by atoms with Crippen LogP contribution in [0.4, 0.5) is 5.69 Å². The molecule has 0 unspecified atom stereocenters. The number of nitrogens with zero attached hydrogens (tertiary/aromatic N) is 4. The van der Waals surface area contributed by atoms with Gasteiger partial charge in [-0.15, -0.1) is 0 Å². The first-order valence-electron chi connectivity index (χ1n) is 13.8. The van der Waals surface area contributed by atoms with Crippen molar-refractivity contribution in [2.45, 2.75) is 37.5 Å². The average Bonchev–Trinajstić information content (AvgIpc) is 2.91. The van der Waals surface area contributed by atoms with Gasteiger partial charge in [0.1, 0.15) is 0 Å². The number of hydrogen-bond donors (Lipinski definition) is 2. The molecule has 2 aromatic carbocycles. The molecule has 0 aliphatic carbocycles. The molecule has 0 saturated carbocycles. The molecule has 0 aromatic heterocycles. The Morgan fingerprint density at radius 3 is 2.23 bits per heavy atom. The van der Waals surface area contributed by atoms with Gasteiger partial charge in [-0.05, 0) is 63.2 Å². The predicted molar refractivity (Wildman–Crippen MR) is 159 cm³/mol. The molecule has 0 bridgehead atoms. The molecular formula is C29H36Cl3N5O3. The van der Waals surface area contributed by atoms with Crippen LogP contribution in [0.25, 0.3) is 0 Å². The second kappa shape index (κ2) is 12.0. The molecular weight excluding hydrogens is 573 g/mol. The summed E-state index contributed by atoms with van der Waals surface area (Å²) in [6.45, 7) is 7.59. The predicted octanol–water partition coefficient (Wildman–Crippen LogP) is 4.03. The fraction of sp³-hybridized carbons (Fsp3) is 0.517. The van der Waals surface area contributed by atoms with Crippen molar-refractivity contribution in [1.82, 2.24) is 19.6 Å². The Bertz CT molecular complexity index is 1250. The summed E-state index contributed by atoms with van der Waals surface area (Å²) in [5.41, 5.74) is 0.0334. The molecule has 3 saturated heterocycles. The molecule has 1 atom stereocenters. The van der Waals surface area contributed by atoms with Crippen LogP contribution in [-0.2, 0) is 10.4 Å². The van der Waals surface area contributed by atoms with Crippen molar-refractivity contribution < 1.29 is 14.7 Å². The van der Waals surface area contributed by atoms with Gasteiger partial charge in [0.15, 0.2) is 5.60 Å². The van der Waals surface area contributed by atoms with E-state index >= 15 is 0 Å². The van der Waals surface area contributed by atoms with Crippen molar-refractivity contribution in [2.75, 3.05) is 64.7 Å². The van der Waals surface area contributed by atoms with Crippen LogP contribution in [-0.4, -0.2) is 108 Å². The highest BCUT2D eigenvalue weighted by Crippen LogP contribution is 2.34. The Kier molecular flexibility index (Phi) is 8.86. The Morgan fingerprint density at radius 1 is 0.900 bits per heavy atom. The highest BCUT2D eigenvalue weighted by atomic mass is 35.5. The van der Waals surface area contributed by atoms with Gasteiger partial charge in [-0.1, -0.05) is 34.8 Å². The number of carbonyl (C=O) groups is 2. The van der Waals surface area contributed by atoms with Crippen LogP contribution in [0.5, 0.6) is 0 Å². The molecule has 2 N–H and O–H groups in total. The first-order chi connectivity index (χ1) is 19.0. The van der Waals surface area contributed by atoms with Gasteiger partial charge < -0.3 is 25.1 Å². The van der Waals surface area contributed by atoms with Crippen LogP contribution in [0.3, 0.4) is 0 Å². The number of likely N-dealkylation sites (N-methyl/N-ethyl adjacent to an activating group) is 1. The minimum atomic E-state index is -1.74. The van der Waals surface area contributed by atoms with E-state index in [-0.39, 0.29) is 11.8 Å². The van der Waals surface area contributed by atoms with E-state index in [1.807, 2.05) is 23.1 Å². The smallest absolute Gasteiger partial charge is 0.258 e. The van der Waals surface area contributed by atoms with E-state index in [1.165, 1.54) is 6.92 Å². The van der Waals surface area contributed by atoms with Crippen LogP contribution in [0.15, 0.2) is 36.4 Å². The third-order valence-electron chi connectivity index (χ3n) is 8.41. The maximum Gasteiger partial charge on any atom is 0.258 e. The van der Waals surface area contributed by atoms with Crippen LogP contribution < -0.4 is 5.32 Å². The third kappa shape index (κ3) is 6.22. The van der Waals surface area contributed by atoms with E-state index in [4.69, 9.17) is 34.8 Å². The van der Waals surface area contributed by atoms with Crippen LogP contribution in [0, 0.1) is 0 Å². The lowest BCUT2D eigenvalue weighted by Crippen LogP contribution is -2.61. The summed E-state index contributed by atoms with van der Waals surface area (Å²) in [5, 5.41) is 15.8. The number of amides is 2. The minimum absolute atomic E-state index is 0.0125. The van der Waals surface area contributed by atoms with Crippen molar-refractivity contribution in [3.8, 4) is 0 Å². The number of aliphatic hydroxyl groups is 1. The van der Waals surface area contributed by atoms with Crippen molar-refractivity contribution in [3.63, 3.8) is 0 Å². The standard InChI is InChI=1S/C29H36Cl3N5O3/c1-29(40,24-15-19(30)3-6-25(24)31)28(39)36-9-7-22(8-10-36)37-17-21(18-37)33-20-4-5-23(26(32)16-20)27(38)35-13-11-34(2)12-14-35/h3-6,15-16,21-22,33,40H,7-14,17-18H2,1-2H3/t29-/m0/s1. The number of piperazine rings is 1. The van der Waals surface area contributed by atoms with E-state index in [2.05, 4.69) is 22.2 Å². The SMILES string of the molecule is CN1CCN(C(=O)c2ccc(NC3CN(C4CCN(C(=O)[C@@](C)(O)c5cc(Cl)ccc5Cl)CC4)C3)cc2Cl)CC1. The molecule has 0 spiro atoms. The van der Waals surface area contributed by atoms with Crippen molar-refractivity contribution >= 4 is 52.3 Å². The zero-order valence-corrected chi connectivity index (χ0v) is 25.1. The number of hydrogen-bond acceptors (Lipinski definition) is 6. The van der Waals surface area contributed by atoms with E-state index in [9.17, 15) is 14.7 Å². The second-order valence-corrected chi connectivity index (χ2v) is 12.6. The maximum absolute atomic E-state index is 13.2. The van der Waals surface area contributed by atoms with Crippen molar-refractivity contribution in [3.05, 3.63) is 62.6 Å². The third-order valence-corrected chi connectivity index (χ3v) is 9.29. The fourth-order valence-electron chi connectivity index (χ4n) is 5.82. The molecule has 5 rings (SSSR count). The summed E-state index contributed by atoms with van der Waals surface area (Å²) in [7, 11) is 2.06. The number of likely N-dealkylation sites (tertiary alicyclic amines) is 2. The van der Waals surface area contributed by atoms with Gasteiger partial charge in [0, 0.05) is 79.7 Å². The van der Waals surface area contributed by atoms with Crippen LogP contribution in [0.2, 0.25) is 15.1 Å². The second-order valence-electron chi connectivity index (χ2n) is 11.3. The van der Waals surface area contributed by atoms with Gasteiger partial charge in [-0.25, -0.2) is 0 Å². The summed E-state index contributed by atoms with van der Waals surface area (Å²) in [5.74, 6) is -0.369. The molecule has 2 aromatic rings. The molecule has 40 heavy (non-hydrogen) atoms. The van der Waals surface area contributed by atoms with Crippen molar-refractivity contribution in [2.24, 2.45) is 0 Å². The van der Waals surface area contributed by atoms with Crippen LogP contribution in [0.1, 0.15) is 35.7 Å². The lowest BCUT2D eigenvalue weighted by Gasteiger charge is -2.48. The zero-order chi connectivity index (χ0) is 28.6. The normalized spacial score (nSPS) is 21.1. The monoisotopic (exact) mass is 607 g/mol.